The molecule has 1 aromatic heterocycles. The van der Waals surface area contributed by atoms with E-state index in [0.29, 0.717) is 11.3 Å². The lowest BCUT2D eigenvalue weighted by atomic mass is 9.81. The van der Waals surface area contributed by atoms with E-state index < -0.39 is 17.5 Å². The number of aromatic nitrogens is 2. The van der Waals surface area contributed by atoms with Crippen molar-refractivity contribution in [3.05, 3.63) is 57.8 Å². The first-order valence-electron chi connectivity index (χ1n) is 9.34. The van der Waals surface area contributed by atoms with Crippen molar-refractivity contribution < 1.29 is 13.6 Å². The summed E-state index contributed by atoms with van der Waals surface area (Å²) in [5.41, 5.74) is -0.581. The standard InChI is InChI=1S/C21H20F2N4O2/c1-13-9-18(28)27(12-24-13)11-15-5-6-16-17(10-15)25-19(29)26-21(16,20(2,22)23)8-7-14-3-4-14/h5-6,9-10,12,14H,3-4,11H2,1-2H3,(H2,25,26,29)/t21-/m0/s1. The van der Waals surface area contributed by atoms with Crippen LogP contribution in [0.25, 0.3) is 0 Å². The van der Waals surface area contributed by atoms with Gasteiger partial charge in [-0.25, -0.2) is 18.6 Å². The Kier molecular flexibility index (Phi) is 4.41. The molecule has 1 aliphatic carbocycles. The van der Waals surface area contributed by atoms with E-state index in [0.717, 1.165) is 19.8 Å². The average Bonchev–Trinajstić information content (AvgIpc) is 3.45. The summed E-state index contributed by atoms with van der Waals surface area (Å²) in [5, 5.41) is 4.94. The van der Waals surface area contributed by atoms with E-state index in [1.54, 1.807) is 19.1 Å². The fourth-order valence-electron chi connectivity index (χ4n) is 3.34. The molecule has 0 saturated heterocycles. The van der Waals surface area contributed by atoms with Gasteiger partial charge in [0.2, 0.25) is 0 Å². The SMILES string of the molecule is Cc1cc(=O)n(Cc2ccc3c(c2)NC(=O)N[C@]3(C#CC2CC2)C(C)(F)F)cn1. The van der Waals surface area contributed by atoms with Crippen LogP contribution in [0.4, 0.5) is 19.3 Å². The van der Waals surface area contributed by atoms with Gasteiger partial charge in [0.15, 0.2) is 5.54 Å². The Hall–Kier alpha value is -3.21. The topological polar surface area (TPSA) is 76.0 Å². The largest absolute Gasteiger partial charge is 0.320 e. The molecular weight excluding hydrogens is 378 g/mol. The van der Waals surface area contributed by atoms with Gasteiger partial charge in [-0.2, -0.15) is 0 Å². The summed E-state index contributed by atoms with van der Waals surface area (Å²) < 4.78 is 30.9. The number of hydrogen-bond acceptors (Lipinski definition) is 3. The molecule has 1 saturated carbocycles. The first-order valence-corrected chi connectivity index (χ1v) is 9.34. The normalized spacial score (nSPS) is 20.8. The molecule has 1 aromatic carbocycles. The van der Waals surface area contributed by atoms with E-state index in [-0.39, 0.29) is 29.3 Å². The predicted molar refractivity (Wildman–Crippen MR) is 104 cm³/mol. The third-order valence-corrected chi connectivity index (χ3v) is 5.11. The second kappa shape index (κ2) is 6.69. The van der Waals surface area contributed by atoms with Gasteiger partial charge < -0.3 is 10.6 Å². The number of carbonyl (C=O) groups is 1. The Morgan fingerprint density at radius 2 is 2.07 bits per heavy atom. The molecule has 0 spiro atoms. The van der Waals surface area contributed by atoms with Crippen LogP contribution in [0.5, 0.6) is 0 Å². The molecule has 29 heavy (non-hydrogen) atoms. The number of aryl methyl sites for hydroxylation is 1. The smallest absolute Gasteiger partial charge is 0.312 e. The van der Waals surface area contributed by atoms with Crippen molar-refractivity contribution in [2.75, 3.05) is 5.32 Å². The first kappa shape index (κ1) is 19.1. The van der Waals surface area contributed by atoms with Gasteiger partial charge in [-0.1, -0.05) is 24.0 Å². The molecular formula is C21H20F2N4O2. The van der Waals surface area contributed by atoms with Crippen molar-refractivity contribution in [2.24, 2.45) is 5.92 Å². The monoisotopic (exact) mass is 398 g/mol. The van der Waals surface area contributed by atoms with Gasteiger partial charge in [0.05, 0.1) is 12.9 Å². The lowest BCUT2D eigenvalue weighted by Crippen LogP contribution is -2.59. The Balaban J connectivity index is 1.77. The van der Waals surface area contributed by atoms with E-state index >= 15 is 0 Å². The molecule has 0 unspecified atom stereocenters. The van der Waals surface area contributed by atoms with Crippen molar-refractivity contribution in [3.8, 4) is 11.8 Å². The number of halogens is 2. The van der Waals surface area contributed by atoms with Crippen LogP contribution in [0.1, 0.15) is 36.6 Å². The molecule has 2 amide bonds. The van der Waals surface area contributed by atoms with E-state index in [1.165, 1.54) is 23.0 Å². The molecule has 2 aliphatic rings. The summed E-state index contributed by atoms with van der Waals surface area (Å²) >= 11 is 0. The van der Waals surface area contributed by atoms with Gasteiger partial charge in [0, 0.05) is 35.9 Å². The Bertz CT molecular complexity index is 1110. The zero-order valence-corrected chi connectivity index (χ0v) is 16.1. The van der Waals surface area contributed by atoms with Crippen LogP contribution >= 0.6 is 0 Å². The average molecular weight is 398 g/mol. The number of rotatable bonds is 3. The van der Waals surface area contributed by atoms with Crippen LogP contribution in [0.15, 0.2) is 35.4 Å². The van der Waals surface area contributed by atoms with Gasteiger partial charge in [-0.15, -0.1) is 0 Å². The van der Waals surface area contributed by atoms with E-state index in [2.05, 4.69) is 27.5 Å². The molecule has 2 N–H and O–H groups in total. The van der Waals surface area contributed by atoms with Gasteiger partial charge in [0.1, 0.15) is 0 Å². The number of benzene rings is 1. The third kappa shape index (κ3) is 3.60. The van der Waals surface area contributed by atoms with Crippen LogP contribution in [-0.2, 0) is 12.1 Å². The number of carbonyl (C=O) groups excluding carboxylic acids is 1. The number of alkyl halides is 2. The maximum absolute atomic E-state index is 14.7. The summed E-state index contributed by atoms with van der Waals surface area (Å²) in [6.45, 7) is 2.68. The van der Waals surface area contributed by atoms with E-state index in [9.17, 15) is 18.4 Å². The molecule has 0 radical (unpaired) electrons. The number of hydrogen-bond donors (Lipinski definition) is 2. The lowest BCUT2D eigenvalue weighted by molar-refractivity contribution is -0.0464. The molecule has 1 aliphatic heterocycles. The van der Waals surface area contributed by atoms with Gasteiger partial charge in [-0.3, -0.25) is 9.36 Å². The van der Waals surface area contributed by atoms with Crippen LogP contribution < -0.4 is 16.2 Å². The molecule has 1 atom stereocenters. The van der Waals surface area contributed by atoms with E-state index in [4.69, 9.17) is 0 Å². The Morgan fingerprint density at radius 3 is 2.72 bits per heavy atom. The minimum atomic E-state index is -3.30. The van der Waals surface area contributed by atoms with Crippen molar-refractivity contribution >= 4 is 11.7 Å². The van der Waals surface area contributed by atoms with Gasteiger partial charge in [-0.05, 0) is 31.4 Å². The van der Waals surface area contributed by atoms with Crippen molar-refractivity contribution in [1.29, 1.82) is 0 Å². The number of amides is 2. The second-order valence-electron chi connectivity index (χ2n) is 7.64. The van der Waals surface area contributed by atoms with E-state index in [1.807, 2.05) is 0 Å². The molecule has 1 fully saturated rings. The lowest BCUT2D eigenvalue weighted by Gasteiger charge is -2.40. The molecule has 8 heteroatoms. The minimum Gasteiger partial charge on any atom is -0.312 e. The fraction of sp³-hybridized carbons (Fsp3) is 0.381. The van der Waals surface area contributed by atoms with Crippen LogP contribution in [0.3, 0.4) is 0 Å². The highest BCUT2D eigenvalue weighted by Crippen LogP contribution is 2.43. The fourth-order valence-corrected chi connectivity index (χ4v) is 3.34. The summed E-state index contributed by atoms with van der Waals surface area (Å²) in [5.74, 6) is 2.34. The molecule has 2 heterocycles. The number of nitrogens with one attached hydrogen (secondary N) is 2. The first-order chi connectivity index (χ1) is 13.7. The quantitative estimate of drug-likeness (QED) is 0.781. The zero-order chi connectivity index (χ0) is 20.8. The molecule has 0 bridgehead atoms. The molecule has 150 valence electrons. The number of anilines is 1. The number of fused-ring (bicyclic) bond motifs is 1. The zero-order valence-electron chi connectivity index (χ0n) is 16.1. The number of nitrogens with zero attached hydrogens (tertiary/aromatic N) is 2. The summed E-state index contributed by atoms with van der Waals surface area (Å²) in [7, 11) is 0. The van der Waals surface area contributed by atoms with Gasteiger partial charge >= 0.3 is 6.03 Å². The van der Waals surface area contributed by atoms with Crippen molar-refractivity contribution in [3.63, 3.8) is 0 Å². The van der Waals surface area contributed by atoms with Crippen molar-refractivity contribution in [2.45, 2.75) is 44.7 Å². The maximum atomic E-state index is 14.7. The molecule has 4 rings (SSSR count). The summed E-state index contributed by atoms with van der Waals surface area (Å²) in [4.78, 5) is 28.4. The number of urea groups is 1. The maximum Gasteiger partial charge on any atom is 0.320 e. The summed E-state index contributed by atoms with van der Waals surface area (Å²) in [6.07, 6.45) is 3.20. The van der Waals surface area contributed by atoms with Crippen LogP contribution in [0.2, 0.25) is 0 Å². The Morgan fingerprint density at radius 1 is 1.31 bits per heavy atom. The predicted octanol–water partition coefficient (Wildman–Crippen LogP) is 3.00. The van der Waals surface area contributed by atoms with Gasteiger partial charge in [0.25, 0.3) is 11.5 Å². The van der Waals surface area contributed by atoms with Crippen LogP contribution in [-0.4, -0.2) is 21.5 Å². The second-order valence-corrected chi connectivity index (χ2v) is 7.64. The summed E-state index contributed by atoms with van der Waals surface area (Å²) in [6, 6.07) is 5.46. The Labute approximate surface area is 166 Å². The minimum absolute atomic E-state index is 0.102. The highest BCUT2D eigenvalue weighted by Gasteiger charge is 2.55. The van der Waals surface area contributed by atoms with Crippen molar-refractivity contribution in [1.82, 2.24) is 14.9 Å². The third-order valence-electron chi connectivity index (χ3n) is 5.11. The molecule has 2 aromatic rings. The highest BCUT2D eigenvalue weighted by molar-refractivity contribution is 5.95. The molecule has 6 nitrogen and oxygen atoms in total. The highest BCUT2D eigenvalue weighted by atomic mass is 19.3. The van der Waals surface area contributed by atoms with Crippen LogP contribution in [0, 0.1) is 24.7 Å².